The van der Waals surface area contributed by atoms with Crippen molar-refractivity contribution in [1.29, 1.82) is 0 Å². The summed E-state index contributed by atoms with van der Waals surface area (Å²) in [6.45, 7) is 5.72. The van der Waals surface area contributed by atoms with Gasteiger partial charge in [-0.3, -0.25) is 10.1 Å². The molecule has 1 unspecified atom stereocenters. The van der Waals surface area contributed by atoms with Crippen molar-refractivity contribution >= 4 is 11.4 Å². The molecule has 0 aromatic heterocycles. The van der Waals surface area contributed by atoms with Gasteiger partial charge >= 0.3 is 0 Å². The first kappa shape index (κ1) is 14.4. The molecule has 0 aliphatic heterocycles. The van der Waals surface area contributed by atoms with Gasteiger partial charge in [-0.1, -0.05) is 19.1 Å². The largest absolute Gasteiger partial charge is 0.396 e. The summed E-state index contributed by atoms with van der Waals surface area (Å²) in [5, 5.41) is 23.4. The standard InChI is InChI=1S/C13H20N2O3/c1-4-13(3,8-9-16)14-11-7-5-6-10(2)12(11)15(17)18/h5-7,14,16H,4,8-9H2,1-3H3. The number of hydrogen-bond donors (Lipinski definition) is 2. The second-order valence-corrected chi connectivity index (χ2v) is 4.74. The summed E-state index contributed by atoms with van der Waals surface area (Å²) >= 11 is 0. The third-order valence-electron chi connectivity index (χ3n) is 3.30. The molecule has 1 aromatic carbocycles. The molecular weight excluding hydrogens is 232 g/mol. The number of aryl methyl sites for hydroxylation is 1. The van der Waals surface area contributed by atoms with Crippen LogP contribution in [0.4, 0.5) is 11.4 Å². The van der Waals surface area contributed by atoms with Gasteiger partial charge in [-0.15, -0.1) is 0 Å². The van der Waals surface area contributed by atoms with Crippen molar-refractivity contribution in [1.82, 2.24) is 0 Å². The summed E-state index contributed by atoms with van der Waals surface area (Å²) < 4.78 is 0. The molecule has 5 heteroatoms. The van der Waals surface area contributed by atoms with Gasteiger partial charge in [-0.05, 0) is 32.8 Å². The number of nitro benzene ring substituents is 1. The van der Waals surface area contributed by atoms with E-state index in [0.717, 1.165) is 6.42 Å². The van der Waals surface area contributed by atoms with Crippen LogP contribution in [0.1, 0.15) is 32.3 Å². The van der Waals surface area contributed by atoms with Gasteiger partial charge in [-0.2, -0.15) is 0 Å². The fourth-order valence-corrected chi connectivity index (χ4v) is 1.90. The number of hydrogen-bond acceptors (Lipinski definition) is 4. The van der Waals surface area contributed by atoms with E-state index in [4.69, 9.17) is 5.11 Å². The van der Waals surface area contributed by atoms with Gasteiger partial charge in [0.25, 0.3) is 5.69 Å². The van der Waals surface area contributed by atoms with Gasteiger partial charge in [0.05, 0.1) is 4.92 Å². The van der Waals surface area contributed by atoms with Gasteiger partial charge < -0.3 is 10.4 Å². The number of aliphatic hydroxyl groups is 1. The van der Waals surface area contributed by atoms with E-state index in [1.807, 2.05) is 13.8 Å². The third kappa shape index (κ3) is 3.20. The average molecular weight is 252 g/mol. The Kier molecular flexibility index (Phi) is 4.67. The number of anilines is 1. The van der Waals surface area contributed by atoms with Crippen LogP contribution in [-0.2, 0) is 0 Å². The van der Waals surface area contributed by atoms with E-state index in [-0.39, 0.29) is 22.8 Å². The first-order valence-corrected chi connectivity index (χ1v) is 6.06. The highest BCUT2D eigenvalue weighted by Crippen LogP contribution is 2.31. The molecule has 18 heavy (non-hydrogen) atoms. The zero-order chi connectivity index (χ0) is 13.8. The number of rotatable bonds is 6. The summed E-state index contributed by atoms with van der Waals surface area (Å²) in [5.41, 5.74) is 0.910. The Labute approximate surface area is 107 Å². The van der Waals surface area contributed by atoms with Gasteiger partial charge in [0.15, 0.2) is 0 Å². The van der Waals surface area contributed by atoms with Crippen molar-refractivity contribution in [2.45, 2.75) is 39.2 Å². The highest BCUT2D eigenvalue weighted by Gasteiger charge is 2.25. The summed E-state index contributed by atoms with van der Waals surface area (Å²) in [5.74, 6) is 0. The molecule has 1 atom stereocenters. The number of nitrogens with one attached hydrogen (secondary N) is 1. The van der Waals surface area contributed by atoms with E-state index < -0.39 is 0 Å². The number of nitrogens with zero attached hydrogens (tertiary/aromatic N) is 1. The molecule has 0 aliphatic rings. The quantitative estimate of drug-likeness (QED) is 0.603. The number of para-hydroxylation sites is 1. The van der Waals surface area contributed by atoms with Crippen molar-refractivity contribution in [3.8, 4) is 0 Å². The lowest BCUT2D eigenvalue weighted by Gasteiger charge is -2.30. The van der Waals surface area contributed by atoms with Gasteiger partial charge in [0.1, 0.15) is 5.69 Å². The van der Waals surface area contributed by atoms with Crippen LogP contribution in [0.25, 0.3) is 0 Å². The van der Waals surface area contributed by atoms with Crippen LogP contribution >= 0.6 is 0 Å². The number of benzene rings is 1. The average Bonchev–Trinajstić information content (AvgIpc) is 2.28. The minimum atomic E-state index is -0.368. The highest BCUT2D eigenvalue weighted by molar-refractivity contribution is 5.66. The Bertz CT molecular complexity index is 434. The molecule has 0 bridgehead atoms. The smallest absolute Gasteiger partial charge is 0.295 e. The predicted molar refractivity (Wildman–Crippen MR) is 71.9 cm³/mol. The van der Waals surface area contributed by atoms with Crippen molar-refractivity contribution in [3.05, 3.63) is 33.9 Å². The van der Waals surface area contributed by atoms with E-state index in [0.29, 0.717) is 17.7 Å². The Hall–Kier alpha value is -1.62. The normalized spacial score (nSPS) is 14.0. The molecular formula is C13H20N2O3. The maximum absolute atomic E-state index is 11.1. The summed E-state index contributed by atoms with van der Waals surface area (Å²) in [6.07, 6.45) is 1.33. The molecule has 100 valence electrons. The molecule has 0 saturated heterocycles. The van der Waals surface area contributed by atoms with Crippen molar-refractivity contribution < 1.29 is 10.0 Å². The topological polar surface area (TPSA) is 75.4 Å². The molecule has 0 fully saturated rings. The predicted octanol–water partition coefficient (Wildman–Crippen LogP) is 2.87. The molecule has 1 rings (SSSR count). The molecule has 1 aromatic rings. The fourth-order valence-electron chi connectivity index (χ4n) is 1.90. The van der Waals surface area contributed by atoms with Crippen LogP contribution in [0.5, 0.6) is 0 Å². The minimum absolute atomic E-state index is 0.0525. The molecule has 0 spiro atoms. The maximum atomic E-state index is 11.1. The van der Waals surface area contributed by atoms with Gasteiger partial charge in [0.2, 0.25) is 0 Å². The second-order valence-electron chi connectivity index (χ2n) is 4.74. The van der Waals surface area contributed by atoms with E-state index >= 15 is 0 Å². The lowest BCUT2D eigenvalue weighted by atomic mass is 9.94. The number of nitro groups is 1. The van der Waals surface area contributed by atoms with Gasteiger partial charge in [-0.25, -0.2) is 0 Å². The second kappa shape index (κ2) is 5.82. The molecule has 0 amide bonds. The van der Waals surface area contributed by atoms with Crippen molar-refractivity contribution in [2.24, 2.45) is 0 Å². The lowest BCUT2D eigenvalue weighted by molar-refractivity contribution is -0.384. The zero-order valence-electron chi connectivity index (χ0n) is 11.1. The maximum Gasteiger partial charge on any atom is 0.295 e. The third-order valence-corrected chi connectivity index (χ3v) is 3.30. The Morgan fingerprint density at radius 1 is 1.50 bits per heavy atom. The van der Waals surface area contributed by atoms with Crippen LogP contribution in [0, 0.1) is 17.0 Å². The molecule has 0 saturated carbocycles. The lowest BCUT2D eigenvalue weighted by Crippen LogP contribution is -2.35. The summed E-state index contributed by atoms with van der Waals surface area (Å²) in [7, 11) is 0. The monoisotopic (exact) mass is 252 g/mol. The van der Waals surface area contributed by atoms with Crippen LogP contribution in [0.3, 0.4) is 0 Å². The van der Waals surface area contributed by atoms with Gasteiger partial charge in [0, 0.05) is 17.7 Å². The molecule has 2 N–H and O–H groups in total. The molecule has 0 radical (unpaired) electrons. The Morgan fingerprint density at radius 2 is 2.17 bits per heavy atom. The Balaban J connectivity index is 3.10. The minimum Gasteiger partial charge on any atom is -0.396 e. The molecule has 5 nitrogen and oxygen atoms in total. The SMILES string of the molecule is CCC(C)(CCO)Nc1cccc(C)c1[N+](=O)[O-]. The molecule has 0 heterocycles. The number of aliphatic hydroxyl groups excluding tert-OH is 1. The van der Waals surface area contributed by atoms with E-state index in [1.165, 1.54) is 0 Å². The summed E-state index contributed by atoms with van der Waals surface area (Å²) in [4.78, 5) is 10.7. The first-order chi connectivity index (χ1) is 8.43. The van der Waals surface area contributed by atoms with Crippen LogP contribution < -0.4 is 5.32 Å². The first-order valence-electron chi connectivity index (χ1n) is 6.06. The zero-order valence-corrected chi connectivity index (χ0v) is 11.1. The molecule has 0 aliphatic carbocycles. The van der Waals surface area contributed by atoms with E-state index in [9.17, 15) is 10.1 Å². The van der Waals surface area contributed by atoms with Crippen LogP contribution in [0.2, 0.25) is 0 Å². The van der Waals surface area contributed by atoms with Crippen LogP contribution in [-0.4, -0.2) is 22.2 Å². The van der Waals surface area contributed by atoms with Crippen LogP contribution in [0.15, 0.2) is 18.2 Å². The van der Waals surface area contributed by atoms with E-state index in [1.54, 1.807) is 25.1 Å². The summed E-state index contributed by atoms with van der Waals surface area (Å²) in [6, 6.07) is 5.22. The van der Waals surface area contributed by atoms with Crippen molar-refractivity contribution in [3.63, 3.8) is 0 Å². The fraction of sp³-hybridized carbons (Fsp3) is 0.538. The van der Waals surface area contributed by atoms with Crippen molar-refractivity contribution in [2.75, 3.05) is 11.9 Å². The van der Waals surface area contributed by atoms with E-state index in [2.05, 4.69) is 5.32 Å². The Morgan fingerprint density at radius 3 is 2.67 bits per heavy atom. The highest BCUT2D eigenvalue weighted by atomic mass is 16.6.